The van der Waals surface area contributed by atoms with Gasteiger partial charge >= 0.3 is 0 Å². The number of hydrogen-bond donors (Lipinski definition) is 1. The summed E-state index contributed by atoms with van der Waals surface area (Å²) in [5.74, 6) is 0.0962. The van der Waals surface area contributed by atoms with Crippen LogP contribution < -0.4 is 0 Å². The molecule has 0 aliphatic rings. The van der Waals surface area contributed by atoms with Crippen molar-refractivity contribution in [2.24, 2.45) is 0 Å². The van der Waals surface area contributed by atoms with Crippen molar-refractivity contribution >= 4 is 16.6 Å². The van der Waals surface area contributed by atoms with Crippen molar-refractivity contribution in [2.75, 3.05) is 0 Å². The zero-order valence-corrected chi connectivity index (χ0v) is 7.04. The molecule has 0 unspecified atom stereocenters. The maximum absolute atomic E-state index is 10.4. The van der Waals surface area contributed by atoms with Crippen LogP contribution in [0.1, 0.15) is 0 Å². The molecular weight excluding hydrogens is 184 g/mol. The van der Waals surface area contributed by atoms with E-state index in [1.807, 2.05) is 0 Å². The molecule has 0 aliphatic carbocycles. The molecule has 0 aliphatic heterocycles. The van der Waals surface area contributed by atoms with Crippen molar-refractivity contribution in [3.63, 3.8) is 0 Å². The molecule has 0 bridgehead atoms. The molecule has 70 valence electrons. The number of aromatic nitrogens is 1. The number of phenolic OH excluding ortho intramolecular Hbond substituents is 1. The predicted molar refractivity (Wildman–Crippen MR) is 50.1 cm³/mol. The van der Waals surface area contributed by atoms with Crippen molar-refractivity contribution in [2.45, 2.75) is 0 Å². The topological polar surface area (TPSA) is 76.3 Å². The molecule has 0 saturated heterocycles. The number of pyridine rings is 1. The van der Waals surface area contributed by atoms with Crippen LogP contribution in [0, 0.1) is 10.1 Å². The van der Waals surface area contributed by atoms with Gasteiger partial charge in [-0.15, -0.1) is 0 Å². The number of aromatic hydroxyl groups is 1. The molecule has 1 heterocycles. The van der Waals surface area contributed by atoms with E-state index in [1.54, 1.807) is 6.07 Å². The molecule has 1 aromatic carbocycles. The Morgan fingerprint density at radius 3 is 2.86 bits per heavy atom. The normalized spacial score (nSPS) is 10.3. The average molecular weight is 190 g/mol. The Balaban J connectivity index is 2.67. The molecule has 5 heteroatoms. The third kappa shape index (κ3) is 1.35. The Labute approximate surface area is 78.8 Å². The SMILES string of the molecule is O=[N+]([O-])c1cnc2cc(O)ccc2c1. The first-order valence-electron chi connectivity index (χ1n) is 3.90. The van der Waals surface area contributed by atoms with Crippen LogP contribution in [-0.2, 0) is 0 Å². The number of hydrogen-bond acceptors (Lipinski definition) is 4. The van der Waals surface area contributed by atoms with Crippen LogP contribution in [0.15, 0.2) is 30.5 Å². The molecule has 2 rings (SSSR count). The fourth-order valence-corrected chi connectivity index (χ4v) is 1.20. The van der Waals surface area contributed by atoms with Crippen LogP contribution in [0.25, 0.3) is 10.9 Å². The number of nitrogens with zero attached hydrogens (tertiary/aromatic N) is 2. The van der Waals surface area contributed by atoms with Crippen LogP contribution in [0.4, 0.5) is 5.69 Å². The first-order chi connectivity index (χ1) is 6.66. The molecule has 0 radical (unpaired) electrons. The van der Waals surface area contributed by atoms with Gasteiger partial charge in [0.05, 0.1) is 10.4 Å². The van der Waals surface area contributed by atoms with Crippen LogP contribution in [-0.4, -0.2) is 15.0 Å². The van der Waals surface area contributed by atoms with E-state index in [0.717, 1.165) is 0 Å². The van der Waals surface area contributed by atoms with Gasteiger partial charge in [-0.2, -0.15) is 0 Å². The van der Waals surface area contributed by atoms with Gasteiger partial charge in [0, 0.05) is 17.5 Å². The Hall–Kier alpha value is -2.17. The maximum Gasteiger partial charge on any atom is 0.288 e. The zero-order valence-electron chi connectivity index (χ0n) is 7.04. The van der Waals surface area contributed by atoms with Gasteiger partial charge < -0.3 is 5.11 Å². The van der Waals surface area contributed by atoms with Crippen LogP contribution in [0.2, 0.25) is 0 Å². The predicted octanol–water partition coefficient (Wildman–Crippen LogP) is 1.85. The van der Waals surface area contributed by atoms with E-state index in [4.69, 9.17) is 5.11 Å². The minimum atomic E-state index is -0.501. The van der Waals surface area contributed by atoms with E-state index >= 15 is 0 Å². The zero-order chi connectivity index (χ0) is 10.1. The molecule has 14 heavy (non-hydrogen) atoms. The molecule has 0 amide bonds. The summed E-state index contributed by atoms with van der Waals surface area (Å²) in [4.78, 5) is 13.8. The van der Waals surface area contributed by atoms with Gasteiger partial charge in [-0.05, 0) is 12.1 Å². The lowest BCUT2D eigenvalue weighted by Gasteiger charge is -1.97. The minimum Gasteiger partial charge on any atom is -0.508 e. The number of phenols is 1. The summed E-state index contributed by atoms with van der Waals surface area (Å²) in [6.45, 7) is 0. The van der Waals surface area contributed by atoms with Gasteiger partial charge in [0.1, 0.15) is 11.9 Å². The summed E-state index contributed by atoms with van der Waals surface area (Å²) in [5.41, 5.74) is 0.485. The lowest BCUT2D eigenvalue weighted by Crippen LogP contribution is -1.89. The van der Waals surface area contributed by atoms with E-state index in [9.17, 15) is 10.1 Å². The van der Waals surface area contributed by atoms with Gasteiger partial charge in [0.15, 0.2) is 0 Å². The molecule has 0 spiro atoms. The monoisotopic (exact) mass is 190 g/mol. The van der Waals surface area contributed by atoms with E-state index in [0.29, 0.717) is 10.9 Å². The second kappa shape index (κ2) is 2.95. The maximum atomic E-state index is 10.4. The summed E-state index contributed by atoms with van der Waals surface area (Å²) in [5, 5.41) is 20.2. The van der Waals surface area contributed by atoms with E-state index in [1.165, 1.54) is 24.4 Å². The van der Waals surface area contributed by atoms with Gasteiger partial charge in [-0.3, -0.25) is 10.1 Å². The first kappa shape index (κ1) is 8.43. The van der Waals surface area contributed by atoms with Crippen molar-refractivity contribution in [1.29, 1.82) is 0 Å². The molecule has 2 aromatic rings. The van der Waals surface area contributed by atoms with Gasteiger partial charge in [-0.1, -0.05) is 0 Å². The Kier molecular flexibility index (Phi) is 1.78. The second-order valence-corrected chi connectivity index (χ2v) is 2.83. The minimum absolute atomic E-state index is 0.0526. The van der Waals surface area contributed by atoms with Gasteiger partial charge in [-0.25, -0.2) is 4.98 Å². The Bertz CT molecular complexity index is 510. The highest BCUT2D eigenvalue weighted by Gasteiger charge is 2.06. The molecule has 0 atom stereocenters. The van der Waals surface area contributed by atoms with Crippen molar-refractivity contribution in [1.82, 2.24) is 4.98 Å². The summed E-state index contributed by atoms with van der Waals surface area (Å²) < 4.78 is 0. The van der Waals surface area contributed by atoms with Crippen LogP contribution in [0.5, 0.6) is 5.75 Å². The average Bonchev–Trinajstić information content (AvgIpc) is 2.16. The molecule has 0 saturated carbocycles. The van der Waals surface area contributed by atoms with E-state index in [-0.39, 0.29) is 11.4 Å². The smallest absolute Gasteiger partial charge is 0.288 e. The van der Waals surface area contributed by atoms with Crippen molar-refractivity contribution in [3.8, 4) is 5.75 Å². The molecule has 0 fully saturated rings. The molecule has 1 N–H and O–H groups in total. The van der Waals surface area contributed by atoms with Gasteiger partial charge in [0.2, 0.25) is 0 Å². The third-order valence-electron chi connectivity index (χ3n) is 1.86. The highest BCUT2D eigenvalue weighted by molar-refractivity contribution is 5.81. The summed E-state index contributed by atoms with van der Waals surface area (Å²) in [6, 6.07) is 5.93. The highest BCUT2D eigenvalue weighted by atomic mass is 16.6. The van der Waals surface area contributed by atoms with Crippen molar-refractivity contribution in [3.05, 3.63) is 40.6 Å². The fraction of sp³-hybridized carbons (Fsp3) is 0. The number of rotatable bonds is 1. The molecular formula is C9H6N2O3. The second-order valence-electron chi connectivity index (χ2n) is 2.83. The number of nitro groups is 1. The first-order valence-corrected chi connectivity index (χ1v) is 3.90. The fourth-order valence-electron chi connectivity index (χ4n) is 1.20. The highest BCUT2D eigenvalue weighted by Crippen LogP contribution is 2.21. The Morgan fingerprint density at radius 1 is 1.36 bits per heavy atom. The van der Waals surface area contributed by atoms with Crippen LogP contribution >= 0.6 is 0 Å². The lowest BCUT2D eigenvalue weighted by molar-refractivity contribution is -0.385. The molecule has 5 nitrogen and oxygen atoms in total. The number of fused-ring (bicyclic) bond motifs is 1. The van der Waals surface area contributed by atoms with E-state index in [2.05, 4.69) is 4.98 Å². The lowest BCUT2D eigenvalue weighted by atomic mass is 10.2. The quantitative estimate of drug-likeness (QED) is 0.549. The third-order valence-corrected chi connectivity index (χ3v) is 1.86. The summed E-state index contributed by atoms with van der Waals surface area (Å²) >= 11 is 0. The largest absolute Gasteiger partial charge is 0.508 e. The van der Waals surface area contributed by atoms with Gasteiger partial charge in [0.25, 0.3) is 5.69 Å². The number of benzene rings is 1. The van der Waals surface area contributed by atoms with Crippen molar-refractivity contribution < 1.29 is 10.0 Å². The summed E-state index contributed by atoms with van der Waals surface area (Å²) in [7, 11) is 0. The van der Waals surface area contributed by atoms with Crippen LogP contribution in [0.3, 0.4) is 0 Å². The molecule has 1 aromatic heterocycles. The van der Waals surface area contributed by atoms with E-state index < -0.39 is 4.92 Å². The standard InChI is InChI=1S/C9H6N2O3/c12-8-2-1-6-3-7(11(13)14)5-10-9(6)4-8/h1-5,12H. The summed E-state index contributed by atoms with van der Waals surface area (Å²) in [6.07, 6.45) is 1.17. The Morgan fingerprint density at radius 2 is 2.14 bits per heavy atom.